The first kappa shape index (κ1) is 25.0. The smallest absolute Gasteiger partial charge is 0.169 e. The van der Waals surface area contributed by atoms with Gasteiger partial charge in [-0.3, -0.25) is 0 Å². The molecule has 6 aliphatic carbocycles. The van der Waals surface area contributed by atoms with E-state index in [2.05, 4.69) is 139 Å². The number of allylic oxidation sites excluding steroid dienone is 13. The Morgan fingerprint density at radius 2 is 1.58 bits per heavy atom. The van der Waals surface area contributed by atoms with E-state index in [0.717, 1.165) is 36.5 Å². The number of hydrogen-bond acceptors (Lipinski definition) is 3. The molecule has 1 fully saturated rings. The third kappa shape index (κ3) is 3.67. The highest BCUT2D eigenvalue weighted by Crippen LogP contribution is 2.68. The van der Waals surface area contributed by atoms with Gasteiger partial charge in [0.15, 0.2) is 6.17 Å². The van der Waals surface area contributed by atoms with Gasteiger partial charge in [-0.05, 0) is 65.2 Å². The summed E-state index contributed by atoms with van der Waals surface area (Å²) >= 11 is 0. The lowest BCUT2D eigenvalue weighted by Gasteiger charge is -2.41. The molecule has 43 heavy (non-hydrogen) atoms. The SMILES string of the molecule is C1=CCC(C2=NC(c3ccccc3)N=C(C3=CC4C(C=C3)C3C=CC=CC3C43C4=C(C=CCC4)c4ccccc43)N2)C=C1. The van der Waals surface area contributed by atoms with Crippen molar-refractivity contribution in [3.63, 3.8) is 0 Å². The van der Waals surface area contributed by atoms with Crippen molar-refractivity contribution in [2.24, 2.45) is 39.6 Å². The van der Waals surface area contributed by atoms with Gasteiger partial charge in [0, 0.05) is 16.9 Å². The molecule has 3 nitrogen and oxygen atoms in total. The molecule has 2 aromatic rings. The van der Waals surface area contributed by atoms with Gasteiger partial charge >= 0.3 is 0 Å². The molecule has 1 aliphatic heterocycles. The van der Waals surface area contributed by atoms with Crippen LogP contribution in [0.25, 0.3) is 5.57 Å². The molecule has 3 heteroatoms. The van der Waals surface area contributed by atoms with Crippen molar-refractivity contribution in [2.75, 3.05) is 0 Å². The summed E-state index contributed by atoms with van der Waals surface area (Å²) < 4.78 is 0. The highest BCUT2D eigenvalue weighted by Gasteiger charge is 2.63. The molecule has 1 spiro atoms. The Labute approximate surface area is 253 Å². The molecule has 7 atom stereocenters. The third-order valence-corrected chi connectivity index (χ3v) is 10.7. The van der Waals surface area contributed by atoms with Crippen LogP contribution in [0, 0.1) is 29.6 Å². The lowest BCUT2D eigenvalue weighted by Crippen LogP contribution is -2.41. The van der Waals surface area contributed by atoms with E-state index in [-0.39, 0.29) is 17.5 Å². The summed E-state index contributed by atoms with van der Waals surface area (Å²) in [6, 6.07) is 19.8. The van der Waals surface area contributed by atoms with Crippen molar-refractivity contribution in [1.29, 1.82) is 0 Å². The molecular weight excluding hydrogens is 522 g/mol. The van der Waals surface area contributed by atoms with E-state index in [1.54, 1.807) is 5.57 Å². The van der Waals surface area contributed by atoms with Crippen molar-refractivity contribution in [3.8, 4) is 0 Å². The molecule has 1 saturated carbocycles. The van der Waals surface area contributed by atoms with Crippen LogP contribution in [0.3, 0.4) is 0 Å². The van der Waals surface area contributed by atoms with E-state index in [4.69, 9.17) is 9.98 Å². The topological polar surface area (TPSA) is 36.8 Å². The molecule has 1 heterocycles. The number of nitrogens with zero attached hydrogens (tertiary/aromatic N) is 2. The van der Waals surface area contributed by atoms with Crippen LogP contribution < -0.4 is 5.32 Å². The van der Waals surface area contributed by atoms with E-state index in [1.165, 1.54) is 22.3 Å². The molecule has 0 amide bonds. The monoisotopic (exact) mass is 557 g/mol. The fourth-order valence-electron chi connectivity index (χ4n) is 9.04. The van der Waals surface area contributed by atoms with Crippen LogP contribution in [0.2, 0.25) is 0 Å². The minimum absolute atomic E-state index is 0.0504. The zero-order valence-electron chi connectivity index (χ0n) is 24.2. The number of rotatable bonds is 3. The van der Waals surface area contributed by atoms with Crippen LogP contribution in [0.4, 0.5) is 0 Å². The number of aliphatic imine (C=N–C) groups is 2. The van der Waals surface area contributed by atoms with Crippen LogP contribution in [-0.4, -0.2) is 11.7 Å². The molecule has 0 radical (unpaired) electrons. The summed E-state index contributed by atoms with van der Waals surface area (Å²) in [4.78, 5) is 10.4. The lowest BCUT2D eigenvalue weighted by atomic mass is 9.61. The highest BCUT2D eigenvalue weighted by molar-refractivity contribution is 6.13. The molecular formula is C40H35N3. The standard InChI is InChI=1S/C40H35N3/c1-3-13-26(14-4-1)37-41-38(27-15-5-2-6-16-27)43-39(42-37)28-23-24-32-31-19-9-12-22-35(31)40(36(32)25-28)33-20-10-7-17-29(33)30-18-8-11-21-34(30)40/h1-10,12-15,17-20,22-25,27,31-32,35-37H,11,16,21H2,(H,41,42,43). The molecule has 0 aromatic heterocycles. The Kier molecular flexibility index (Phi) is 5.69. The number of amidine groups is 2. The lowest BCUT2D eigenvalue weighted by molar-refractivity contribution is 0.351. The van der Waals surface area contributed by atoms with Crippen LogP contribution in [0.15, 0.2) is 155 Å². The van der Waals surface area contributed by atoms with Crippen LogP contribution >= 0.6 is 0 Å². The van der Waals surface area contributed by atoms with Crippen molar-refractivity contribution in [3.05, 3.63) is 161 Å². The molecule has 7 unspecified atom stereocenters. The largest absolute Gasteiger partial charge is 0.328 e. The first-order valence-electron chi connectivity index (χ1n) is 15.9. The van der Waals surface area contributed by atoms with Gasteiger partial charge in [0.2, 0.25) is 0 Å². The normalized spacial score (nSPS) is 34.3. The van der Waals surface area contributed by atoms with Crippen LogP contribution in [0.5, 0.6) is 0 Å². The molecule has 9 rings (SSSR count). The summed E-state index contributed by atoms with van der Waals surface area (Å²) in [6.45, 7) is 0. The van der Waals surface area contributed by atoms with E-state index in [9.17, 15) is 0 Å². The summed E-state index contributed by atoms with van der Waals surface area (Å²) in [7, 11) is 0. The Morgan fingerprint density at radius 1 is 0.744 bits per heavy atom. The maximum absolute atomic E-state index is 5.27. The number of nitrogens with one attached hydrogen (secondary N) is 1. The second kappa shape index (κ2) is 9.77. The quantitative estimate of drug-likeness (QED) is 0.404. The molecule has 0 saturated heterocycles. The van der Waals surface area contributed by atoms with Gasteiger partial charge in [-0.15, -0.1) is 0 Å². The fraction of sp³-hybridized carbons (Fsp3) is 0.250. The van der Waals surface area contributed by atoms with Gasteiger partial charge in [-0.25, -0.2) is 9.98 Å². The van der Waals surface area contributed by atoms with Gasteiger partial charge < -0.3 is 5.32 Å². The zero-order valence-corrected chi connectivity index (χ0v) is 24.2. The maximum atomic E-state index is 5.27. The second-order valence-electron chi connectivity index (χ2n) is 12.8. The Hall–Kier alpha value is -4.50. The van der Waals surface area contributed by atoms with Gasteiger partial charge in [0.05, 0.1) is 0 Å². The minimum Gasteiger partial charge on any atom is -0.328 e. The van der Waals surface area contributed by atoms with E-state index in [0.29, 0.717) is 23.7 Å². The molecule has 210 valence electrons. The van der Waals surface area contributed by atoms with Gasteiger partial charge in [-0.2, -0.15) is 0 Å². The van der Waals surface area contributed by atoms with Crippen molar-refractivity contribution in [1.82, 2.24) is 5.32 Å². The summed E-state index contributed by atoms with van der Waals surface area (Å²) in [5.41, 5.74) is 8.33. The number of fused-ring (bicyclic) bond motifs is 9. The fourth-order valence-corrected chi connectivity index (χ4v) is 9.04. The Bertz CT molecular complexity index is 1810. The van der Waals surface area contributed by atoms with E-state index < -0.39 is 0 Å². The van der Waals surface area contributed by atoms with Crippen LogP contribution in [-0.2, 0) is 5.41 Å². The summed E-state index contributed by atoms with van der Waals surface area (Å²) in [5.74, 6) is 3.86. The average molecular weight is 558 g/mol. The van der Waals surface area contributed by atoms with Crippen molar-refractivity contribution < 1.29 is 0 Å². The predicted molar refractivity (Wildman–Crippen MR) is 176 cm³/mol. The molecule has 7 aliphatic rings. The summed E-state index contributed by atoms with van der Waals surface area (Å²) in [6.07, 6.45) is 33.5. The van der Waals surface area contributed by atoms with E-state index in [1.807, 2.05) is 0 Å². The zero-order chi connectivity index (χ0) is 28.4. The minimum atomic E-state index is -0.255. The maximum Gasteiger partial charge on any atom is 0.169 e. The predicted octanol–water partition coefficient (Wildman–Crippen LogP) is 8.37. The highest BCUT2D eigenvalue weighted by atomic mass is 15.2. The molecule has 2 aromatic carbocycles. The van der Waals surface area contributed by atoms with Crippen LogP contribution in [0.1, 0.15) is 42.1 Å². The second-order valence-corrected chi connectivity index (χ2v) is 12.8. The van der Waals surface area contributed by atoms with Gasteiger partial charge in [0.1, 0.15) is 11.7 Å². The molecule has 0 bridgehead atoms. The first-order chi connectivity index (χ1) is 21.3. The summed E-state index contributed by atoms with van der Waals surface area (Å²) in [5, 5.41) is 3.73. The average Bonchev–Trinajstić information content (AvgIpc) is 3.56. The number of benzene rings is 2. The Morgan fingerprint density at radius 3 is 2.49 bits per heavy atom. The third-order valence-electron chi connectivity index (χ3n) is 10.7. The van der Waals surface area contributed by atoms with E-state index >= 15 is 0 Å². The number of hydrogen-bond donors (Lipinski definition) is 1. The van der Waals surface area contributed by atoms with Crippen molar-refractivity contribution in [2.45, 2.75) is 30.8 Å². The molecule has 1 N–H and O–H groups in total. The first-order valence-corrected chi connectivity index (χ1v) is 15.9. The van der Waals surface area contributed by atoms with Gasteiger partial charge in [-0.1, -0.05) is 139 Å². The van der Waals surface area contributed by atoms with Gasteiger partial charge in [0.25, 0.3) is 0 Å². The van der Waals surface area contributed by atoms with Crippen molar-refractivity contribution >= 4 is 17.2 Å². The Balaban J connectivity index is 1.19.